The van der Waals surface area contributed by atoms with Crippen LogP contribution in [-0.2, 0) is 4.74 Å². The van der Waals surface area contributed by atoms with Crippen molar-refractivity contribution in [1.29, 1.82) is 0 Å². The molecular formula is C15H12ClN3O2. The van der Waals surface area contributed by atoms with E-state index in [1.807, 2.05) is 30.5 Å². The standard InChI is InChI=1S/C15H12ClN3O2/c1-21-15(20)14-13(16)10(17)7-12(19-14)9-3-2-8-4-5-18-11(8)6-9/h2-7,18H,1H3,(H2,17,19). The molecule has 1 aromatic carbocycles. The molecule has 0 aliphatic carbocycles. The van der Waals surface area contributed by atoms with E-state index in [1.54, 1.807) is 6.07 Å². The lowest BCUT2D eigenvalue weighted by atomic mass is 10.1. The van der Waals surface area contributed by atoms with Crippen molar-refractivity contribution in [2.75, 3.05) is 12.8 Å². The predicted molar refractivity (Wildman–Crippen MR) is 82.3 cm³/mol. The van der Waals surface area contributed by atoms with Gasteiger partial charge in [0.1, 0.15) is 0 Å². The number of hydrogen-bond acceptors (Lipinski definition) is 4. The maximum atomic E-state index is 11.7. The number of benzene rings is 1. The summed E-state index contributed by atoms with van der Waals surface area (Å²) >= 11 is 6.01. The van der Waals surface area contributed by atoms with Gasteiger partial charge in [-0.3, -0.25) is 0 Å². The average Bonchev–Trinajstić information content (AvgIpc) is 2.96. The summed E-state index contributed by atoms with van der Waals surface area (Å²) in [5.74, 6) is -0.616. The molecule has 0 fully saturated rings. The number of ether oxygens (including phenoxy) is 1. The second-order valence-corrected chi connectivity index (χ2v) is 4.91. The smallest absolute Gasteiger partial charge is 0.358 e. The number of nitrogens with two attached hydrogens (primary N) is 1. The van der Waals surface area contributed by atoms with Gasteiger partial charge in [-0.1, -0.05) is 23.7 Å². The number of anilines is 1. The molecule has 5 nitrogen and oxygen atoms in total. The molecule has 106 valence electrons. The van der Waals surface area contributed by atoms with Gasteiger partial charge in [0.15, 0.2) is 5.69 Å². The minimum Gasteiger partial charge on any atom is -0.464 e. The maximum absolute atomic E-state index is 11.7. The molecule has 0 amide bonds. The number of pyridine rings is 1. The van der Waals surface area contributed by atoms with Crippen LogP contribution in [0, 0.1) is 0 Å². The third-order valence-electron chi connectivity index (χ3n) is 3.22. The molecule has 0 radical (unpaired) electrons. The minimum atomic E-state index is -0.616. The quantitative estimate of drug-likeness (QED) is 0.712. The van der Waals surface area contributed by atoms with Gasteiger partial charge in [0.2, 0.25) is 0 Å². The lowest BCUT2D eigenvalue weighted by molar-refractivity contribution is 0.0594. The second kappa shape index (κ2) is 5.10. The highest BCUT2D eigenvalue weighted by Crippen LogP contribution is 2.29. The van der Waals surface area contributed by atoms with Crippen LogP contribution in [0.2, 0.25) is 5.02 Å². The number of nitrogen functional groups attached to an aromatic ring is 1. The molecule has 0 saturated heterocycles. The fraction of sp³-hybridized carbons (Fsp3) is 0.0667. The summed E-state index contributed by atoms with van der Waals surface area (Å²) in [6.07, 6.45) is 1.86. The summed E-state index contributed by atoms with van der Waals surface area (Å²) in [7, 11) is 1.27. The van der Waals surface area contributed by atoms with Crippen LogP contribution in [0.15, 0.2) is 36.5 Å². The maximum Gasteiger partial charge on any atom is 0.358 e. The number of carbonyl (C=O) groups is 1. The molecule has 0 spiro atoms. The van der Waals surface area contributed by atoms with E-state index in [4.69, 9.17) is 17.3 Å². The van der Waals surface area contributed by atoms with Gasteiger partial charge in [-0.15, -0.1) is 0 Å². The summed E-state index contributed by atoms with van der Waals surface area (Å²) in [5, 5.41) is 1.19. The van der Waals surface area contributed by atoms with E-state index in [9.17, 15) is 4.79 Å². The van der Waals surface area contributed by atoms with Crippen molar-refractivity contribution in [2.45, 2.75) is 0 Å². The first-order chi connectivity index (χ1) is 10.1. The van der Waals surface area contributed by atoms with Gasteiger partial charge in [0, 0.05) is 17.3 Å². The molecule has 3 N–H and O–H groups in total. The highest BCUT2D eigenvalue weighted by Gasteiger charge is 2.17. The third-order valence-corrected chi connectivity index (χ3v) is 3.61. The Labute approximate surface area is 125 Å². The van der Waals surface area contributed by atoms with E-state index in [0.717, 1.165) is 16.5 Å². The summed E-state index contributed by atoms with van der Waals surface area (Å²) in [5.41, 5.74) is 8.53. The molecular weight excluding hydrogens is 290 g/mol. The number of fused-ring (bicyclic) bond motifs is 1. The summed E-state index contributed by atoms with van der Waals surface area (Å²) in [4.78, 5) is 19.1. The van der Waals surface area contributed by atoms with Crippen molar-refractivity contribution in [3.8, 4) is 11.3 Å². The Balaban J connectivity index is 2.17. The van der Waals surface area contributed by atoms with Crippen molar-refractivity contribution in [2.24, 2.45) is 0 Å². The van der Waals surface area contributed by atoms with Gasteiger partial charge in [-0.2, -0.15) is 0 Å². The van der Waals surface area contributed by atoms with Gasteiger partial charge in [0.25, 0.3) is 0 Å². The molecule has 0 bridgehead atoms. The van der Waals surface area contributed by atoms with Gasteiger partial charge in [-0.25, -0.2) is 9.78 Å². The molecule has 2 heterocycles. The van der Waals surface area contributed by atoms with E-state index < -0.39 is 5.97 Å². The number of carbonyl (C=O) groups excluding carboxylic acids is 1. The van der Waals surface area contributed by atoms with E-state index in [0.29, 0.717) is 5.69 Å². The number of halogens is 1. The number of methoxy groups -OCH3 is 1. The van der Waals surface area contributed by atoms with Crippen LogP contribution in [0.5, 0.6) is 0 Å². The first-order valence-electron chi connectivity index (χ1n) is 6.22. The fourth-order valence-electron chi connectivity index (χ4n) is 2.14. The number of nitrogens with one attached hydrogen (secondary N) is 1. The molecule has 6 heteroatoms. The van der Waals surface area contributed by atoms with Crippen LogP contribution in [0.1, 0.15) is 10.5 Å². The SMILES string of the molecule is COC(=O)c1nc(-c2ccc3cc[nH]c3c2)cc(N)c1Cl. The Morgan fingerprint density at radius 2 is 2.14 bits per heavy atom. The van der Waals surface area contributed by atoms with Crippen molar-refractivity contribution in [3.05, 3.63) is 47.2 Å². The van der Waals surface area contributed by atoms with Crippen LogP contribution in [0.3, 0.4) is 0 Å². The number of hydrogen-bond donors (Lipinski definition) is 2. The monoisotopic (exact) mass is 301 g/mol. The zero-order valence-electron chi connectivity index (χ0n) is 11.2. The van der Waals surface area contributed by atoms with Crippen molar-refractivity contribution in [3.63, 3.8) is 0 Å². The summed E-state index contributed by atoms with van der Waals surface area (Å²) < 4.78 is 4.67. The zero-order valence-corrected chi connectivity index (χ0v) is 11.9. The van der Waals surface area contributed by atoms with E-state index >= 15 is 0 Å². The largest absolute Gasteiger partial charge is 0.464 e. The van der Waals surface area contributed by atoms with Crippen molar-refractivity contribution < 1.29 is 9.53 Å². The first kappa shape index (κ1) is 13.5. The van der Waals surface area contributed by atoms with Gasteiger partial charge in [0.05, 0.1) is 23.5 Å². The molecule has 0 unspecified atom stereocenters. The Morgan fingerprint density at radius 1 is 1.33 bits per heavy atom. The Morgan fingerprint density at radius 3 is 2.90 bits per heavy atom. The molecule has 0 atom stereocenters. The number of nitrogens with zero attached hydrogens (tertiary/aromatic N) is 1. The number of H-pyrrole nitrogens is 1. The molecule has 0 saturated carbocycles. The van der Waals surface area contributed by atoms with Crippen LogP contribution < -0.4 is 5.73 Å². The second-order valence-electron chi connectivity index (χ2n) is 4.53. The van der Waals surface area contributed by atoms with E-state index in [-0.39, 0.29) is 16.4 Å². The number of aromatic amines is 1. The van der Waals surface area contributed by atoms with Crippen molar-refractivity contribution >= 4 is 34.2 Å². The third kappa shape index (κ3) is 2.32. The molecule has 21 heavy (non-hydrogen) atoms. The highest BCUT2D eigenvalue weighted by atomic mass is 35.5. The predicted octanol–water partition coefficient (Wildman–Crippen LogP) is 3.25. The van der Waals surface area contributed by atoms with Crippen LogP contribution in [-0.4, -0.2) is 23.0 Å². The van der Waals surface area contributed by atoms with Crippen molar-refractivity contribution in [1.82, 2.24) is 9.97 Å². The lowest BCUT2D eigenvalue weighted by Gasteiger charge is -2.08. The number of esters is 1. The Kier molecular flexibility index (Phi) is 3.27. The van der Waals surface area contributed by atoms with Gasteiger partial charge < -0.3 is 15.5 Å². The molecule has 0 aliphatic rings. The van der Waals surface area contributed by atoms with E-state index in [1.165, 1.54) is 7.11 Å². The molecule has 3 aromatic rings. The van der Waals surface area contributed by atoms with Gasteiger partial charge in [-0.05, 0) is 23.6 Å². The molecule has 0 aliphatic heterocycles. The van der Waals surface area contributed by atoms with Crippen LogP contribution >= 0.6 is 11.6 Å². The molecule has 3 rings (SSSR count). The highest BCUT2D eigenvalue weighted by molar-refractivity contribution is 6.35. The Bertz CT molecular complexity index is 842. The zero-order chi connectivity index (χ0) is 15.0. The fourth-order valence-corrected chi connectivity index (χ4v) is 2.31. The summed E-state index contributed by atoms with van der Waals surface area (Å²) in [6.45, 7) is 0. The number of rotatable bonds is 2. The normalized spacial score (nSPS) is 10.8. The molecule has 2 aromatic heterocycles. The summed E-state index contributed by atoms with van der Waals surface area (Å²) in [6, 6.07) is 9.42. The van der Waals surface area contributed by atoms with Crippen LogP contribution in [0.25, 0.3) is 22.2 Å². The Hall–Kier alpha value is -2.53. The lowest BCUT2D eigenvalue weighted by Crippen LogP contribution is -2.08. The first-order valence-corrected chi connectivity index (χ1v) is 6.60. The topological polar surface area (TPSA) is 81.0 Å². The average molecular weight is 302 g/mol. The van der Waals surface area contributed by atoms with E-state index in [2.05, 4.69) is 14.7 Å². The van der Waals surface area contributed by atoms with Gasteiger partial charge >= 0.3 is 5.97 Å². The van der Waals surface area contributed by atoms with Crippen LogP contribution in [0.4, 0.5) is 5.69 Å². The number of aromatic nitrogens is 2. The minimum absolute atomic E-state index is 0.0146.